The lowest BCUT2D eigenvalue weighted by atomic mass is 9.72. The number of hydrogen-bond donors (Lipinski definition) is 0. The van der Waals surface area contributed by atoms with Crippen molar-refractivity contribution >= 4 is 0 Å². The molecular formula is C11H21NO. The predicted octanol–water partition coefficient (Wildman–Crippen LogP) is 3.75. The van der Waals surface area contributed by atoms with Crippen molar-refractivity contribution in [2.75, 3.05) is 0 Å². The second kappa shape index (κ2) is 4.21. The summed E-state index contributed by atoms with van der Waals surface area (Å²) < 4.78 is 0. The molecule has 1 rings (SSSR count). The summed E-state index contributed by atoms with van der Waals surface area (Å²) >= 11 is 0. The van der Waals surface area contributed by atoms with Crippen molar-refractivity contribution < 1.29 is 0 Å². The Kier molecular flexibility index (Phi) is 3.46. The fourth-order valence-electron chi connectivity index (χ4n) is 2.35. The summed E-state index contributed by atoms with van der Waals surface area (Å²) in [5, 5.41) is 3.34. The first kappa shape index (κ1) is 10.7. The number of nitroso groups, excluding NO2 is 1. The molecule has 0 aromatic heterocycles. The molecule has 0 aromatic carbocycles. The SMILES string of the molecule is CCC1(N=O)CCC(C(C)C)CC1. The van der Waals surface area contributed by atoms with E-state index in [9.17, 15) is 4.91 Å². The predicted molar refractivity (Wildman–Crippen MR) is 55.6 cm³/mol. The monoisotopic (exact) mass is 183 g/mol. The minimum atomic E-state index is -0.203. The van der Waals surface area contributed by atoms with Crippen molar-refractivity contribution in [3.63, 3.8) is 0 Å². The van der Waals surface area contributed by atoms with E-state index in [2.05, 4.69) is 25.9 Å². The van der Waals surface area contributed by atoms with E-state index in [0.29, 0.717) is 0 Å². The fourth-order valence-corrected chi connectivity index (χ4v) is 2.35. The van der Waals surface area contributed by atoms with Crippen molar-refractivity contribution in [3.8, 4) is 0 Å². The van der Waals surface area contributed by atoms with Gasteiger partial charge in [0.15, 0.2) is 0 Å². The van der Waals surface area contributed by atoms with Crippen molar-refractivity contribution in [3.05, 3.63) is 4.91 Å². The first-order valence-corrected chi connectivity index (χ1v) is 5.48. The third-order valence-corrected chi connectivity index (χ3v) is 3.76. The van der Waals surface area contributed by atoms with Gasteiger partial charge in [-0.1, -0.05) is 25.9 Å². The van der Waals surface area contributed by atoms with E-state index in [1.807, 2.05) is 0 Å². The summed E-state index contributed by atoms with van der Waals surface area (Å²) in [6, 6.07) is 0. The van der Waals surface area contributed by atoms with E-state index in [1.54, 1.807) is 0 Å². The molecule has 1 saturated carbocycles. The van der Waals surface area contributed by atoms with Crippen molar-refractivity contribution in [1.29, 1.82) is 0 Å². The maximum atomic E-state index is 10.7. The Bertz CT molecular complexity index is 169. The van der Waals surface area contributed by atoms with Crippen molar-refractivity contribution in [1.82, 2.24) is 0 Å². The average Bonchev–Trinajstić information content (AvgIpc) is 2.18. The highest BCUT2D eigenvalue weighted by Crippen LogP contribution is 2.39. The minimum absolute atomic E-state index is 0.203. The van der Waals surface area contributed by atoms with Gasteiger partial charge in [-0.05, 0) is 43.9 Å². The van der Waals surface area contributed by atoms with Gasteiger partial charge in [0.2, 0.25) is 0 Å². The Labute approximate surface area is 81.1 Å². The zero-order chi connectivity index (χ0) is 9.90. The van der Waals surface area contributed by atoms with Gasteiger partial charge in [-0.3, -0.25) is 0 Å². The molecule has 0 bridgehead atoms. The lowest BCUT2D eigenvalue weighted by Crippen LogP contribution is -2.32. The molecule has 0 N–H and O–H groups in total. The molecule has 13 heavy (non-hydrogen) atoms. The van der Waals surface area contributed by atoms with Crippen LogP contribution in [-0.2, 0) is 0 Å². The zero-order valence-electron chi connectivity index (χ0n) is 9.05. The molecule has 0 atom stereocenters. The normalized spacial score (nSPS) is 34.9. The topological polar surface area (TPSA) is 29.4 Å². The van der Waals surface area contributed by atoms with Crippen LogP contribution in [0.1, 0.15) is 52.9 Å². The van der Waals surface area contributed by atoms with Crippen LogP contribution in [0.3, 0.4) is 0 Å². The minimum Gasteiger partial charge on any atom is -0.150 e. The second-order valence-corrected chi connectivity index (χ2v) is 4.75. The Morgan fingerprint density at radius 3 is 2.23 bits per heavy atom. The quantitative estimate of drug-likeness (QED) is 0.613. The first-order valence-electron chi connectivity index (χ1n) is 5.48. The van der Waals surface area contributed by atoms with Gasteiger partial charge < -0.3 is 0 Å². The highest BCUT2D eigenvalue weighted by Gasteiger charge is 2.35. The summed E-state index contributed by atoms with van der Waals surface area (Å²) in [4.78, 5) is 10.7. The van der Waals surface area contributed by atoms with Crippen molar-refractivity contribution in [2.45, 2.75) is 58.4 Å². The molecule has 2 nitrogen and oxygen atoms in total. The van der Waals surface area contributed by atoms with Crippen LogP contribution < -0.4 is 0 Å². The van der Waals surface area contributed by atoms with Crippen LogP contribution in [-0.4, -0.2) is 5.54 Å². The first-order chi connectivity index (χ1) is 6.13. The Morgan fingerprint density at radius 2 is 1.92 bits per heavy atom. The molecule has 1 fully saturated rings. The van der Waals surface area contributed by atoms with Crippen LogP contribution in [0.2, 0.25) is 0 Å². The molecule has 0 saturated heterocycles. The molecular weight excluding hydrogens is 162 g/mol. The number of hydrogen-bond acceptors (Lipinski definition) is 2. The van der Waals surface area contributed by atoms with E-state index in [-0.39, 0.29) is 5.54 Å². The Morgan fingerprint density at radius 1 is 1.38 bits per heavy atom. The van der Waals surface area contributed by atoms with E-state index in [0.717, 1.165) is 31.1 Å². The van der Waals surface area contributed by atoms with E-state index in [1.165, 1.54) is 12.8 Å². The molecule has 76 valence electrons. The maximum Gasteiger partial charge on any atom is 0.102 e. The molecule has 0 spiro atoms. The van der Waals surface area contributed by atoms with Gasteiger partial charge in [-0.2, -0.15) is 4.91 Å². The molecule has 0 heterocycles. The molecule has 0 amide bonds. The van der Waals surface area contributed by atoms with Gasteiger partial charge in [0.25, 0.3) is 0 Å². The maximum absolute atomic E-state index is 10.7. The van der Waals surface area contributed by atoms with Crippen LogP contribution in [0, 0.1) is 16.7 Å². The van der Waals surface area contributed by atoms with Crippen LogP contribution >= 0.6 is 0 Å². The molecule has 0 aromatic rings. The van der Waals surface area contributed by atoms with Crippen LogP contribution in [0.15, 0.2) is 5.18 Å². The van der Waals surface area contributed by atoms with Gasteiger partial charge in [0.1, 0.15) is 5.54 Å². The molecule has 2 heteroatoms. The Hall–Kier alpha value is -0.400. The fraction of sp³-hybridized carbons (Fsp3) is 1.00. The van der Waals surface area contributed by atoms with Crippen LogP contribution in [0.5, 0.6) is 0 Å². The molecule has 0 aliphatic heterocycles. The lowest BCUT2D eigenvalue weighted by molar-refractivity contribution is 0.191. The number of rotatable bonds is 3. The van der Waals surface area contributed by atoms with Gasteiger partial charge >= 0.3 is 0 Å². The zero-order valence-corrected chi connectivity index (χ0v) is 9.05. The summed E-state index contributed by atoms with van der Waals surface area (Å²) in [5.74, 6) is 1.59. The molecule has 0 radical (unpaired) electrons. The molecule has 1 aliphatic rings. The smallest absolute Gasteiger partial charge is 0.102 e. The van der Waals surface area contributed by atoms with E-state index in [4.69, 9.17) is 0 Å². The largest absolute Gasteiger partial charge is 0.150 e. The molecule has 1 aliphatic carbocycles. The summed E-state index contributed by atoms with van der Waals surface area (Å²) in [5.41, 5.74) is -0.203. The second-order valence-electron chi connectivity index (χ2n) is 4.75. The standard InChI is InChI=1S/C11H21NO/c1-4-11(12-13)7-5-10(6-8-11)9(2)3/h9-10H,4-8H2,1-3H3. The van der Waals surface area contributed by atoms with E-state index < -0.39 is 0 Å². The van der Waals surface area contributed by atoms with E-state index >= 15 is 0 Å². The van der Waals surface area contributed by atoms with Crippen LogP contribution in [0.4, 0.5) is 0 Å². The summed E-state index contributed by atoms with van der Waals surface area (Å²) in [6.07, 6.45) is 5.32. The molecule has 0 unspecified atom stereocenters. The van der Waals surface area contributed by atoms with Gasteiger partial charge in [-0.25, -0.2) is 0 Å². The lowest BCUT2D eigenvalue weighted by Gasteiger charge is -2.35. The number of nitrogens with zero attached hydrogens (tertiary/aromatic N) is 1. The average molecular weight is 183 g/mol. The third kappa shape index (κ3) is 2.29. The van der Waals surface area contributed by atoms with Crippen LogP contribution in [0.25, 0.3) is 0 Å². The summed E-state index contributed by atoms with van der Waals surface area (Å²) in [6.45, 7) is 6.63. The van der Waals surface area contributed by atoms with Gasteiger partial charge in [0, 0.05) is 0 Å². The highest BCUT2D eigenvalue weighted by molar-refractivity contribution is 4.91. The third-order valence-electron chi connectivity index (χ3n) is 3.76. The van der Waals surface area contributed by atoms with Crippen molar-refractivity contribution in [2.24, 2.45) is 17.0 Å². The van der Waals surface area contributed by atoms with Gasteiger partial charge in [0.05, 0.1) is 0 Å². The van der Waals surface area contributed by atoms with Gasteiger partial charge in [-0.15, -0.1) is 0 Å². The highest BCUT2D eigenvalue weighted by atomic mass is 16.3. The Balaban J connectivity index is 2.50. The summed E-state index contributed by atoms with van der Waals surface area (Å²) in [7, 11) is 0.